The van der Waals surface area contributed by atoms with Gasteiger partial charge in [-0.2, -0.15) is 5.10 Å². The third-order valence-corrected chi connectivity index (χ3v) is 4.91. The van der Waals surface area contributed by atoms with E-state index in [1.54, 1.807) is 30.3 Å². The van der Waals surface area contributed by atoms with Crippen LogP contribution >= 0.6 is 0 Å². The van der Waals surface area contributed by atoms with E-state index in [0.29, 0.717) is 11.8 Å². The molecule has 0 bridgehead atoms. The van der Waals surface area contributed by atoms with Gasteiger partial charge >= 0.3 is 0 Å². The maximum absolute atomic E-state index is 13.7. The van der Waals surface area contributed by atoms with Gasteiger partial charge in [-0.3, -0.25) is 4.72 Å². The molecule has 0 spiro atoms. The van der Waals surface area contributed by atoms with Crippen molar-refractivity contribution in [3.8, 4) is 5.69 Å². The molecule has 0 aliphatic heterocycles. The topological polar surface area (TPSA) is 64.0 Å². The lowest BCUT2D eigenvalue weighted by atomic mass is 10.3. The molecule has 3 aromatic rings. The van der Waals surface area contributed by atoms with Crippen molar-refractivity contribution in [2.75, 3.05) is 4.72 Å². The molecule has 1 aromatic heterocycles. The van der Waals surface area contributed by atoms with Crippen LogP contribution in [0.15, 0.2) is 53.6 Å². The largest absolute Gasteiger partial charge is 0.276 e. The molecule has 0 aliphatic rings. The van der Waals surface area contributed by atoms with Crippen LogP contribution in [0.5, 0.6) is 0 Å². The first-order valence-corrected chi connectivity index (χ1v) is 8.56. The van der Waals surface area contributed by atoms with E-state index >= 15 is 0 Å². The predicted octanol–water partition coefficient (Wildman–Crippen LogP) is 3.40. The Balaban J connectivity index is 1.99. The Morgan fingerprint density at radius 3 is 2.36 bits per heavy atom. The van der Waals surface area contributed by atoms with Crippen molar-refractivity contribution in [3.05, 3.63) is 71.8 Å². The highest BCUT2D eigenvalue weighted by atomic mass is 32.2. The molecule has 1 N–H and O–H groups in total. The summed E-state index contributed by atoms with van der Waals surface area (Å²) in [4.78, 5) is -0.208. The van der Waals surface area contributed by atoms with Crippen molar-refractivity contribution in [2.24, 2.45) is 0 Å². The molecule has 0 amide bonds. The molecule has 3 rings (SSSR count). The van der Waals surface area contributed by atoms with Crippen LogP contribution in [0.1, 0.15) is 5.69 Å². The molecule has 0 saturated heterocycles. The molecule has 5 nitrogen and oxygen atoms in total. The first-order valence-electron chi connectivity index (χ1n) is 7.07. The van der Waals surface area contributed by atoms with Crippen LogP contribution in [0.25, 0.3) is 5.69 Å². The van der Waals surface area contributed by atoms with Gasteiger partial charge < -0.3 is 0 Å². The van der Waals surface area contributed by atoms with Crippen molar-refractivity contribution in [2.45, 2.75) is 11.8 Å². The van der Waals surface area contributed by atoms with Gasteiger partial charge in [0.25, 0.3) is 10.0 Å². The van der Waals surface area contributed by atoms with Crippen molar-refractivity contribution in [1.29, 1.82) is 0 Å². The van der Waals surface area contributed by atoms with E-state index in [0.717, 1.165) is 6.07 Å². The Labute approximate surface area is 141 Å². The summed E-state index contributed by atoms with van der Waals surface area (Å²) in [6.45, 7) is 1.47. The average molecular weight is 367 g/mol. The number of para-hydroxylation sites is 1. The fraction of sp³-hybridized carbons (Fsp3) is 0.0625. The SMILES string of the molecule is Cc1nn(-c2ccccc2)cc1S(=O)(=O)Nc1ccc(F)c(F)c1F. The molecule has 0 unspecified atom stereocenters. The molecular weight excluding hydrogens is 355 g/mol. The van der Waals surface area contributed by atoms with Gasteiger partial charge in [0.15, 0.2) is 17.5 Å². The fourth-order valence-corrected chi connectivity index (χ4v) is 3.45. The molecule has 9 heteroatoms. The van der Waals surface area contributed by atoms with Gasteiger partial charge in [-0.15, -0.1) is 0 Å². The summed E-state index contributed by atoms with van der Waals surface area (Å²) in [6.07, 6.45) is 1.25. The summed E-state index contributed by atoms with van der Waals surface area (Å²) in [5.74, 6) is -4.78. The monoisotopic (exact) mass is 367 g/mol. The lowest BCUT2D eigenvalue weighted by Gasteiger charge is -2.08. The molecule has 1 heterocycles. The minimum absolute atomic E-state index is 0.166. The van der Waals surface area contributed by atoms with E-state index in [9.17, 15) is 21.6 Å². The van der Waals surface area contributed by atoms with Gasteiger partial charge in [-0.25, -0.2) is 26.3 Å². The van der Waals surface area contributed by atoms with E-state index in [2.05, 4.69) is 5.10 Å². The second kappa shape index (κ2) is 6.25. The van der Waals surface area contributed by atoms with E-state index in [1.165, 1.54) is 17.8 Å². The highest BCUT2D eigenvalue weighted by molar-refractivity contribution is 7.92. The van der Waals surface area contributed by atoms with Gasteiger partial charge in [0.1, 0.15) is 4.90 Å². The summed E-state index contributed by atoms with van der Waals surface area (Å²) in [7, 11) is -4.25. The number of nitrogens with one attached hydrogen (secondary N) is 1. The highest BCUT2D eigenvalue weighted by Crippen LogP contribution is 2.24. The lowest BCUT2D eigenvalue weighted by molar-refractivity contribution is 0.449. The van der Waals surface area contributed by atoms with E-state index in [-0.39, 0.29) is 10.6 Å². The molecule has 25 heavy (non-hydrogen) atoms. The number of aromatic nitrogens is 2. The van der Waals surface area contributed by atoms with E-state index in [4.69, 9.17) is 0 Å². The number of anilines is 1. The molecule has 2 aromatic carbocycles. The predicted molar refractivity (Wildman–Crippen MR) is 85.4 cm³/mol. The summed E-state index contributed by atoms with van der Waals surface area (Å²) < 4.78 is 68.2. The second-order valence-corrected chi connectivity index (χ2v) is 6.84. The Kier molecular flexibility index (Phi) is 4.25. The van der Waals surface area contributed by atoms with Crippen molar-refractivity contribution in [1.82, 2.24) is 9.78 Å². The van der Waals surface area contributed by atoms with Gasteiger partial charge in [0, 0.05) is 0 Å². The van der Waals surface area contributed by atoms with Crippen molar-refractivity contribution < 1.29 is 21.6 Å². The van der Waals surface area contributed by atoms with Gasteiger partial charge in [-0.1, -0.05) is 18.2 Å². The number of rotatable bonds is 4. The minimum atomic E-state index is -4.25. The molecule has 130 valence electrons. The quantitative estimate of drug-likeness (QED) is 0.719. The van der Waals surface area contributed by atoms with Crippen LogP contribution in [0.3, 0.4) is 0 Å². The number of hydrogen-bond donors (Lipinski definition) is 1. The smallest absolute Gasteiger partial charge is 0.265 e. The summed E-state index contributed by atoms with van der Waals surface area (Å²) in [5.41, 5.74) is 0.108. The number of aryl methyl sites for hydroxylation is 1. The first kappa shape index (κ1) is 17.0. The maximum Gasteiger partial charge on any atom is 0.265 e. The summed E-state index contributed by atoms with van der Waals surface area (Å²) in [6, 6.07) is 10.2. The van der Waals surface area contributed by atoms with Crippen LogP contribution in [-0.2, 0) is 10.0 Å². The van der Waals surface area contributed by atoms with Gasteiger partial charge in [0.05, 0.1) is 23.3 Å². The number of hydrogen-bond acceptors (Lipinski definition) is 3. The minimum Gasteiger partial charge on any atom is -0.276 e. The van der Waals surface area contributed by atoms with Crippen LogP contribution in [-0.4, -0.2) is 18.2 Å². The number of nitrogens with zero attached hydrogens (tertiary/aromatic N) is 2. The molecule has 0 fully saturated rings. The van der Waals surface area contributed by atoms with Gasteiger partial charge in [-0.05, 0) is 31.2 Å². The van der Waals surface area contributed by atoms with Crippen LogP contribution in [0.4, 0.5) is 18.9 Å². The van der Waals surface area contributed by atoms with E-state index < -0.39 is 33.2 Å². The normalized spacial score (nSPS) is 11.5. The van der Waals surface area contributed by atoms with Crippen LogP contribution < -0.4 is 4.72 Å². The zero-order valence-corrected chi connectivity index (χ0v) is 13.7. The highest BCUT2D eigenvalue weighted by Gasteiger charge is 2.24. The molecular formula is C16H12F3N3O2S. The molecule has 0 aliphatic carbocycles. The summed E-state index contributed by atoms with van der Waals surface area (Å²) >= 11 is 0. The third-order valence-electron chi connectivity index (χ3n) is 3.44. The Hall–Kier alpha value is -2.81. The Bertz CT molecular complexity index is 1030. The molecule has 0 radical (unpaired) electrons. The van der Waals surface area contributed by atoms with Crippen LogP contribution in [0, 0.1) is 24.4 Å². The first-order chi connectivity index (χ1) is 11.8. The average Bonchev–Trinajstić information content (AvgIpc) is 2.99. The summed E-state index contributed by atoms with van der Waals surface area (Å²) in [5, 5.41) is 4.11. The lowest BCUT2D eigenvalue weighted by Crippen LogP contribution is -2.15. The number of sulfonamides is 1. The van der Waals surface area contributed by atoms with Crippen molar-refractivity contribution in [3.63, 3.8) is 0 Å². The molecule has 0 saturated carbocycles. The standard InChI is InChI=1S/C16H12F3N3O2S/c1-10-14(9-22(20-10)11-5-3-2-4-6-11)25(23,24)21-13-8-7-12(17)15(18)16(13)19/h2-9,21H,1H3. The van der Waals surface area contributed by atoms with Crippen LogP contribution in [0.2, 0.25) is 0 Å². The number of halogens is 3. The van der Waals surface area contributed by atoms with E-state index in [1.807, 2.05) is 4.72 Å². The Morgan fingerprint density at radius 1 is 1.00 bits per heavy atom. The second-order valence-electron chi connectivity index (χ2n) is 5.19. The fourth-order valence-electron chi connectivity index (χ4n) is 2.23. The zero-order valence-electron chi connectivity index (χ0n) is 12.9. The Morgan fingerprint density at radius 2 is 1.68 bits per heavy atom. The molecule has 0 atom stereocenters. The van der Waals surface area contributed by atoms with Gasteiger partial charge in [0.2, 0.25) is 0 Å². The third kappa shape index (κ3) is 3.22. The van der Waals surface area contributed by atoms with Crippen molar-refractivity contribution >= 4 is 15.7 Å². The number of benzene rings is 2. The zero-order chi connectivity index (χ0) is 18.2. The maximum atomic E-state index is 13.7.